The Kier molecular flexibility index (Phi) is 10.2. The highest BCUT2D eigenvalue weighted by atomic mass is 127. The number of benzene rings is 1. The number of aldehydes is 1. The average molecular weight is 856 g/mol. The molecule has 0 radical (unpaired) electrons. The lowest BCUT2D eigenvalue weighted by Crippen LogP contribution is -2.69. The van der Waals surface area contributed by atoms with Crippen molar-refractivity contribution in [2.75, 3.05) is 13.7 Å². The fourth-order valence-corrected chi connectivity index (χ4v) is 13.1. The summed E-state index contributed by atoms with van der Waals surface area (Å²) in [6.45, 7) is 4.07. The molecule has 4 aliphatic carbocycles. The summed E-state index contributed by atoms with van der Waals surface area (Å²) in [5.74, 6) is -0.664. The van der Waals surface area contributed by atoms with E-state index in [9.17, 15) is 28.2 Å². The Hall–Kier alpha value is -2.15. The van der Waals surface area contributed by atoms with Gasteiger partial charge in [0.05, 0.1) is 45.5 Å². The zero-order valence-corrected chi connectivity index (χ0v) is 32.5. The number of rotatable bonds is 9. The van der Waals surface area contributed by atoms with Crippen LogP contribution >= 0.6 is 22.6 Å². The molecule has 4 saturated carbocycles. The Labute approximate surface area is 316 Å². The van der Waals surface area contributed by atoms with Crippen LogP contribution in [-0.4, -0.2) is 86.5 Å². The van der Waals surface area contributed by atoms with Crippen LogP contribution in [0, 0.1) is 32.2 Å². The van der Waals surface area contributed by atoms with E-state index >= 15 is 0 Å². The number of nitrogens with zero attached hydrogens (tertiary/aromatic N) is 3. The van der Waals surface area contributed by atoms with Crippen LogP contribution in [0.2, 0.25) is 0 Å². The van der Waals surface area contributed by atoms with Crippen molar-refractivity contribution >= 4 is 50.7 Å². The third-order valence-electron chi connectivity index (χ3n) is 13.7. The average Bonchev–Trinajstić information content (AvgIpc) is 3.65. The minimum absolute atomic E-state index is 0.0294. The molecular formula is C36H46IN3O11S. The first-order valence-corrected chi connectivity index (χ1v) is 20.5. The molecule has 1 saturated heterocycles. The molecule has 14 nitrogen and oxygen atoms in total. The molecule has 2 N–H and O–H groups in total. The van der Waals surface area contributed by atoms with E-state index in [0.29, 0.717) is 54.2 Å². The first-order chi connectivity index (χ1) is 24.6. The summed E-state index contributed by atoms with van der Waals surface area (Å²) >= 11 is 1.89. The van der Waals surface area contributed by atoms with Crippen molar-refractivity contribution in [2.45, 2.75) is 125 Å². The van der Waals surface area contributed by atoms with E-state index in [2.05, 4.69) is 16.9 Å². The molecule has 2 aliphatic heterocycles. The summed E-state index contributed by atoms with van der Waals surface area (Å²) < 4.78 is 56.2. The number of hydrogen-bond donors (Lipinski definition) is 2. The van der Waals surface area contributed by atoms with Gasteiger partial charge in [-0.05, 0) is 122 Å². The first kappa shape index (κ1) is 38.1. The number of aliphatic hydroxyl groups is 2. The van der Waals surface area contributed by atoms with E-state index in [0.717, 1.165) is 18.3 Å². The molecule has 1 aromatic rings. The van der Waals surface area contributed by atoms with Crippen molar-refractivity contribution < 1.29 is 51.4 Å². The number of azide groups is 1. The van der Waals surface area contributed by atoms with E-state index in [-0.39, 0.29) is 48.1 Å². The first-order valence-electron chi connectivity index (χ1n) is 18.0. The number of halogens is 1. The fraction of sp³-hybridized carbons (Fsp3) is 0.722. The van der Waals surface area contributed by atoms with Crippen LogP contribution in [0.15, 0.2) is 39.9 Å². The van der Waals surface area contributed by atoms with Crippen LogP contribution < -0.4 is 0 Å². The predicted molar refractivity (Wildman–Crippen MR) is 192 cm³/mol. The molecule has 0 spiro atoms. The third kappa shape index (κ3) is 6.04. The molecule has 16 heteroatoms. The molecule has 52 heavy (non-hydrogen) atoms. The van der Waals surface area contributed by atoms with Gasteiger partial charge in [-0.1, -0.05) is 18.1 Å². The number of esters is 1. The zero-order valence-electron chi connectivity index (χ0n) is 29.5. The lowest BCUT2D eigenvalue weighted by Gasteiger charge is -2.65. The van der Waals surface area contributed by atoms with Crippen molar-refractivity contribution in [1.82, 2.24) is 0 Å². The van der Waals surface area contributed by atoms with Crippen LogP contribution in [0.1, 0.15) is 78.1 Å². The van der Waals surface area contributed by atoms with E-state index < -0.39 is 62.9 Å². The summed E-state index contributed by atoms with van der Waals surface area (Å²) in [6, 6.07) is 4.09. The Morgan fingerprint density at radius 2 is 1.88 bits per heavy atom. The van der Waals surface area contributed by atoms with Crippen LogP contribution in [0.5, 0.6) is 0 Å². The van der Waals surface area contributed by atoms with Crippen LogP contribution in [0.25, 0.3) is 10.4 Å². The quantitative estimate of drug-likeness (QED) is 0.0471. The Morgan fingerprint density at radius 3 is 2.56 bits per heavy atom. The second-order valence-electron chi connectivity index (χ2n) is 15.8. The standard InChI is InChI=1S/C36H46IN3O11S/c1-20-32(51-52(45,46)23-4-5-28(39-40-38)27(37)15-23)29(47-3)16-31(49-20)50-22-6-11-34(19-41)25-7-10-33(2)24(21-14-30(42)48-18-21)9-13-36(33,44)26(25)8-12-35(34,43)17-22/h4-5,14-15,19-20,22,24-26,29,31-32,43-44H,6-13,16-18H2,1-3H3/t20-,22+,24-,25+,26-,29+,31+,32-,33-,34+,35+,36+/m1/s1. The number of carbonyl (C=O) groups is 2. The van der Waals surface area contributed by atoms with Gasteiger partial charge in [0, 0.05) is 39.9 Å². The van der Waals surface area contributed by atoms with Gasteiger partial charge in [-0.3, -0.25) is 4.18 Å². The number of ether oxygens (including phenoxy) is 4. The van der Waals surface area contributed by atoms with Gasteiger partial charge in [0.1, 0.15) is 19.0 Å². The summed E-state index contributed by atoms with van der Waals surface area (Å²) in [5, 5.41) is 28.5. The van der Waals surface area contributed by atoms with Gasteiger partial charge in [0.2, 0.25) is 0 Å². The Bertz CT molecular complexity index is 1810. The van der Waals surface area contributed by atoms with Crippen molar-refractivity contribution in [3.63, 3.8) is 0 Å². The van der Waals surface area contributed by atoms with Crippen LogP contribution in [-0.2, 0) is 42.8 Å². The van der Waals surface area contributed by atoms with Gasteiger partial charge in [0.15, 0.2) is 6.29 Å². The third-order valence-corrected chi connectivity index (χ3v) is 15.9. The van der Waals surface area contributed by atoms with Crippen molar-refractivity contribution in [1.29, 1.82) is 0 Å². The zero-order chi connectivity index (χ0) is 37.3. The summed E-state index contributed by atoms with van der Waals surface area (Å²) in [6.07, 6.45) is 3.83. The highest BCUT2D eigenvalue weighted by molar-refractivity contribution is 14.1. The molecular weight excluding hydrogens is 809 g/mol. The van der Waals surface area contributed by atoms with Gasteiger partial charge in [-0.25, -0.2) is 4.79 Å². The summed E-state index contributed by atoms with van der Waals surface area (Å²) in [4.78, 5) is 27.8. The molecule has 2 heterocycles. The highest BCUT2D eigenvalue weighted by Crippen LogP contribution is 2.70. The van der Waals surface area contributed by atoms with Crippen LogP contribution in [0.3, 0.4) is 0 Å². The monoisotopic (exact) mass is 855 g/mol. The molecule has 6 aliphatic rings. The van der Waals surface area contributed by atoms with E-state index in [1.54, 1.807) is 13.0 Å². The lowest BCUT2D eigenvalue weighted by atomic mass is 9.41. The summed E-state index contributed by atoms with van der Waals surface area (Å²) in [5.41, 5.74) is 6.13. The van der Waals surface area contributed by atoms with Crippen LogP contribution in [0.4, 0.5) is 5.69 Å². The van der Waals surface area contributed by atoms with E-state index in [1.165, 1.54) is 25.3 Å². The minimum Gasteiger partial charge on any atom is -0.458 e. The number of fused-ring (bicyclic) bond motifs is 5. The van der Waals surface area contributed by atoms with Crippen molar-refractivity contribution in [3.8, 4) is 0 Å². The molecule has 284 valence electrons. The number of methoxy groups -OCH3 is 1. The maximum absolute atomic E-state index is 13.3. The molecule has 0 amide bonds. The van der Waals surface area contributed by atoms with Crippen molar-refractivity contribution in [2.24, 2.45) is 33.7 Å². The topological polar surface area (TPSA) is 204 Å². The molecule has 7 rings (SSSR count). The Balaban J connectivity index is 1.02. The minimum atomic E-state index is -4.25. The summed E-state index contributed by atoms with van der Waals surface area (Å²) in [7, 11) is -2.78. The van der Waals surface area contributed by atoms with Crippen molar-refractivity contribution in [3.05, 3.63) is 43.9 Å². The highest BCUT2D eigenvalue weighted by Gasteiger charge is 2.71. The van der Waals surface area contributed by atoms with Gasteiger partial charge in [-0.15, -0.1) is 0 Å². The molecule has 12 atom stereocenters. The normalized spacial score (nSPS) is 43.0. The number of carbonyl (C=O) groups excluding carboxylic acids is 2. The maximum atomic E-state index is 13.3. The number of cyclic esters (lactones) is 1. The molecule has 1 aromatic carbocycles. The molecule has 0 unspecified atom stereocenters. The molecule has 0 bridgehead atoms. The molecule has 0 aromatic heterocycles. The predicted octanol–water partition coefficient (Wildman–Crippen LogP) is 5.39. The van der Waals surface area contributed by atoms with E-state index in [4.69, 9.17) is 28.7 Å². The van der Waals surface area contributed by atoms with Gasteiger partial charge < -0.3 is 34.0 Å². The Morgan fingerprint density at radius 1 is 1.12 bits per heavy atom. The number of hydrogen-bond acceptors (Lipinski definition) is 12. The van der Waals surface area contributed by atoms with Gasteiger partial charge in [0.25, 0.3) is 10.1 Å². The fourth-order valence-electron chi connectivity index (χ4n) is 11.1. The van der Waals surface area contributed by atoms with E-state index in [1.807, 2.05) is 22.6 Å². The SMILES string of the molecule is CO[C@H]1C[C@H](O[C@H]2CC[C@]3(C=O)[C@H]4CC[C@]5(C)[C@@H](C6=CC(=O)OC6)CC[C@]5(O)[C@@H]4CC[C@]3(O)C2)O[C@H](C)[C@H]1OS(=O)(=O)c1ccc(N=[N+]=[N-])c(I)c1. The van der Waals surface area contributed by atoms with Gasteiger partial charge >= 0.3 is 5.97 Å². The lowest BCUT2D eigenvalue weighted by molar-refractivity contribution is -0.285. The maximum Gasteiger partial charge on any atom is 0.331 e. The smallest absolute Gasteiger partial charge is 0.331 e. The molecule has 5 fully saturated rings. The second kappa shape index (κ2) is 13.9. The largest absolute Gasteiger partial charge is 0.458 e. The second-order valence-corrected chi connectivity index (χ2v) is 18.6. The van der Waals surface area contributed by atoms with Gasteiger partial charge in [-0.2, -0.15) is 8.42 Å².